The molecule has 2 heterocycles. The maximum Gasteiger partial charge on any atom is 0.408 e. The molecule has 0 radical (unpaired) electrons. The summed E-state index contributed by atoms with van der Waals surface area (Å²) >= 11 is 0. The minimum atomic E-state index is -0.656. The number of carbonyl (C=O) groups excluding carboxylic acids is 3. The number of nitrogens with zero attached hydrogens (tertiary/aromatic N) is 4. The van der Waals surface area contributed by atoms with Crippen LogP contribution in [-0.2, 0) is 14.3 Å². The third kappa shape index (κ3) is 11.4. The molecule has 0 aromatic rings. The number of rotatable bonds is 3. The molecule has 0 aromatic carbocycles. The Kier molecular flexibility index (Phi) is 12.3. The summed E-state index contributed by atoms with van der Waals surface area (Å²) in [5, 5.41) is 20.4. The predicted octanol–water partition coefficient (Wildman–Crippen LogP) is 3.81. The first kappa shape index (κ1) is 34.2. The molecule has 2 aliphatic heterocycles. The predicted molar refractivity (Wildman–Crippen MR) is 150 cm³/mol. The number of alkyl carbamates (subject to hydrolysis) is 1. The summed E-state index contributed by atoms with van der Waals surface area (Å²) in [5.74, 6) is 0.0319. The van der Waals surface area contributed by atoms with E-state index in [2.05, 4.69) is 17.5 Å². The van der Waals surface area contributed by atoms with Crippen LogP contribution in [0.5, 0.6) is 0 Å². The van der Waals surface area contributed by atoms with Gasteiger partial charge < -0.3 is 25.6 Å². The van der Waals surface area contributed by atoms with E-state index >= 15 is 0 Å². The summed E-state index contributed by atoms with van der Waals surface area (Å²) in [6.45, 7) is 19.4. The fourth-order valence-corrected chi connectivity index (χ4v) is 4.28. The molecule has 39 heavy (non-hydrogen) atoms. The molecule has 220 valence electrons. The van der Waals surface area contributed by atoms with Gasteiger partial charge in [-0.15, -0.1) is 0 Å². The van der Waals surface area contributed by atoms with Crippen molar-refractivity contribution in [3.8, 4) is 12.1 Å². The van der Waals surface area contributed by atoms with E-state index in [1.54, 1.807) is 30.6 Å². The SMILES string of the molecule is CC(C)(C)OC(=O)N[C@@H](C(=O)N1CCC(C#N)CC1)C(C)(C)C.CC(C)(C)[C@@H](N)C(=O)N1CCC(C#N)CC1. The number of nitrogens with one attached hydrogen (secondary N) is 1. The molecule has 2 aliphatic rings. The summed E-state index contributed by atoms with van der Waals surface area (Å²) in [5.41, 5.74) is 4.69. The summed E-state index contributed by atoms with van der Waals surface area (Å²) < 4.78 is 5.27. The van der Waals surface area contributed by atoms with Gasteiger partial charge in [0.1, 0.15) is 11.6 Å². The minimum Gasteiger partial charge on any atom is -0.444 e. The Morgan fingerprint density at radius 1 is 0.769 bits per heavy atom. The largest absolute Gasteiger partial charge is 0.444 e. The maximum atomic E-state index is 12.8. The van der Waals surface area contributed by atoms with Gasteiger partial charge in [-0.1, -0.05) is 41.5 Å². The highest BCUT2D eigenvalue weighted by atomic mass is 16.6. The fraction of sp³-hybridized carbons (Fsp3) is 0.828. The number of likely N-dealkylation sites (tertiary alicyclic amines) is 2. The van der Waals surface area contributed by atoms with Gasteiger partial charge in [-0.3, -0.25) is 9.59 Å². The van der Waals surface area contributed by atoms with Crippen LogP contribution < -0.4 is 11.1 Å². The molecule has 0 unspecified atom stereocenters. The number of amides is 3. The average Bonchev–Trinajstić information content (AvgIpc) is 2.84. The van der Waals surface area contributed by atoms with E-state index in [4.69, 9.17) is 21.0 Å². The molecule has 0 saturated carbocycles. The van der Waals surface area contributed by atoms with Crippen LogP contribution >= 0.6 is 0 Å². The van der Waals surface area contributed by atoms with Crippen molar-refractivity contribution < 1.29 is 19.1 Å². The molecule has 0 aliphatic carbocycles. The Bertz CT molecular complexity index is 916. The van der Waals surface area contributed by atoms with Gasteiger partial charge in [-0.2, -0.15) is 10.5 Å². The topological polar surface area (TPSA) is 153 Å². The van der Waals surface area contributed by atoms with Crippen molar-refractivity contribution in [1.29, 1.82) is 10.5 Å². The number of nitriles is 2. The first-order valence-electron chi connectivity index (χ1n) is 13.9. The van der Waals surface area contributed by atoms with Crippen molar-refractivity contribution in [2.75, 3.05) is 26.2 Å². The van der Waals surface area contributed by atoms with E-state index in [-0.39, 0.29) is 29.1 Å². The molecule has 0 spiro atoms. The molecule has 10 nitrogen and oxygen atoms in total. The van der Waals surface area contributed by atoms with E-state index in [1.165, 1.54) is 0 Å². The molecular weight excluding hydrogens is 496 g/mol. The molecule has 3 N–H and O–H groups in total. The van der Waals surface area contributed by atoms with Crippen LogP contribution in [0.3, 0.4) is 0 Å². The highest BCUT2D eigenvalue weighted by Gasteiger charge is 2.38. The van der Waals surface area contributed by atoms with Gasteiger partial charge >= 0.3 is 6.09 Å². The van der Waals surface area contributed by atoms with E-state index < -0.39 is 29.2 Å². The van der Waals surface area contributed by atoms with Crippen molar-refractivity contribution in [1.82, 2.24) is 15.1 Å². The van der Waals surface area contributed by atoms with Gasteiger partial charge in [0.25, 0.3) is 0 Å². The average molecular weight is 547 g/mol. The Balaban J connectivity index is 0.000000416. The Morgan fingerprint density at radius 3 is 1.46 bits per heavy atom. The van der Waals surface area contributed by atoms with E-state index in [0.29, 0.717) is 39.0 Å². The highest BCUT2D eigenvalue weighted by Crippen LogP contribution is 2.25. The van der Waals surface area contributed by atoms with E-state index in [0.717, 1.165) is 12.8 Å². The lowest BCUT2D eigenvalue weighted by molar-refractivity contribution is -0.137. The fourth-order valence-electron chi connectivity index (χ4n) is 4.28. The Hall–Kier alpha value is -2.85. The molecule has 2 rings (SSSR count). The summed E-state index contributed by atoms with van der Waals surface area (Å²) in [6, 6.07) is 3.40. The molecule has 3 amide bonds. The van der Waals surface area contributed by atoms with Crippen molar-refractivity contribution in [2.24, 2.45) is 28.4 Å². The smallest absolute Gasteiger partial charge is 0.408 e. The summed E-state index contributed by atoms with van der Waals surface area (Å²) in [4.78, 5) is 40.5. The summed E-state index contributed by atoms with van der Waals surface area (Å²) in [6.07, 6.45) is 2.34. The standard InChI is InChI=1S/C17H29N3O3.C12H21N3O/c1-16(2,3)13(19-15(22)23-17(4,5)6)14(21)20-9-7-12(11-18)8-10-20;1-12(2,3)10(14)11(16)15-6-4-9(8-13)5-7-15/h12-13H,7-10H2,1-6H3,(H,19,22);9-10H,4-7,14H2,1-3H3/t13-;10-/m00/s1. The van der Waals surface area contributed by atoms with Gasteiger partial charge in [0.15, 0.2) is 0 Å². The number of piperidine rings is 2. The zero-order valence-corrected chi connectivity index (χ0v) is 25.5. The van der Waals surface area contributed by atoms with Gasteiger partial charge in [0, 0.05) is 38.0 Å². The molecule has 0 bridgehead atoms. The lowest BCUT2D eigenvalue weighted by Crippen LogP contribution is -2.56. The second-order valence-electron chi connectivity index (χ2n) is 13.7. The second-order valence-corrected chi connectivity index (χ2v) is 13.7. The molecule has 0 aromatic heterocycles. The number of nitrogens with two attached hydrogens (primary N) is 1. The third-order valence-electron chi connectivity index (χ3n) is 6.95. The highest BCUT2D eigenvalue weighted by molar-refractivity contribution is 5.86. The van der Waals surface area contributed by atoms with Crippen LogP contribution in [0.1, 0.15) is 88.0 Å². The zero-order valence-electron chi connectivity index (χ0n) is 25.5. The van der Waals surface area contributed by atoms with Gasteiger partial charge in [-0.05, 0) is 57.3 Å². The van der Waals surface area contributed by atoms with Crippen LogP contribution in [-0.4, -0.2) is 71.6 Å². The van der Waals surface area contributed by atoms with E-state index in [1.807, 2.05) is 41.5 Å². The monoisotopic (exact) mass is 546 g/mol. The molecule has 2 saturated heterocycles. The first-order chi connectivity index (χ1) is 17.8. The summed E-state index contributed by atoms with van der Waals surface area (Å²) in [7, 11) is 0. The van der Waals surface area contributed by atoms with Crippen molar-refractivity contribution in [3.05, 3.63) is 0 Å². The normalized spacial score (nSPS) is 19.0. The van der Waals surface area contributed by atoms with Crippen LogP contribution in [0.4, 0.5) is 4.79 Å². The van der Waals surface area contributed by atoms with Crippen molar-refractivity contribution in [2.45, 2.75) is 106 Å². The number of hydrogen-bond donors (Lipinski definition) is 2. The van der Waals surface area contributed by atoms with Crippen molar-refractivity contribution >= 4 is 17.9 Å². The van der Waals surface area contributed by atoms with E-state index in [9.17, 15) is 14.4 Å². The maximum absolute atomic E-state index is 12.8. The lowest BCUT2D eigenvalue weighted by Gasteiger charge is -2.37. The van der Waals surface area contributed by atoms with Gasteiger partial charge in [0.05, 0.1) is 18.2 Å². The molecular formula is C29H50N6O4. The minimum absolute atomic E-state index is 0.0175. The Labute approximate surface area is 235 Å². The van der Waals surface area contributed by atoms with Crippen molar-refractivity contribution in [3.63, 3.8) is 0 Å². The van der Waals surface area contributed by atoms with Crippen LogP contribution in [0, 0.1) is 45.3 Å². The molecule has 2 fully saturated rings. The van der Waals surface area contributed by atoms with Crippen LogP contribution in [0.25, 0.3) is 0 Å². The van der Waals surface area contributed by atoms with Crippen LogP contribution in [0.2, 0.25) is 0 Å². The number of carbonyl (C=O) groups is 3. The molecule has 10 heteroatoms. The quantitative estimate of drug-likeness (QED) is 0.546. The molecule has 2 atom stereocenters. The van der Waals surface area contributed by atoms with Gasteiger partial charge in [-0.25, -0.2) is 4.79 Å². The second kappa shape index (κ2) is 14.0. The van der Waals surface area contributed by atoms with Crippen LogP contribution in [0.15, 0.2) is 0 Å². The zero-order chi connectivity index (χ0) is 30.2. The number of ether oxygens (including phenoxy) is 1. The number of hydrogen-bond acceptors (Lipinski definition) is 7. The first-order valence-corrected chi connectivity index (χ1v) is 13.9. The third-order valence-corrected chi connectivity index (χ3v) is 6.95. The Morgan fingerprint density at radius 2 is 1.15 bits per heavy atom. The van der Waals surface area contributed by atoms with Gasteiger partial charge in [0.2, 0.25) is 11.8 Å². The lowest BCUT2D eigenvalue weighted by atomic mass is 9.85.